The normalized spacial score (nSPS) is 55.1. The van der Waals surface area contributed by atoms with Crippen LogP contribution in [0.3, 0.4) is 0 Å². The van der Waals surface area contributed by atoms with Gasteiger partial charge in [-0.05, 0) is 128 Å². The SMILES string of the molecule is CC1C2C3CCC4C5(C)CCC(OC6OC(CO)C(O)C(O)C6OS(=O)(=O)O)C(C)(C)C5CCC4(C)C3(C)CCC2(CO)CCC1(C)O. The number of ether oxygens (including phenoxy) is 2. The fraction of sp³-hybridized carbons (Fsp3) is 1.00. The van der Waals surface area contributed by atoms with Crippen LogP contribution in [0.4, 0.5) is 0 Å². The van der Waals surface area contributed by atoms with Gasteiger partial charge in [-0.1, -0.05) is 41.5 Å². The van der Waals surface area contributed by atoms with Crippen molar-refractivity contribution in [2.24, 2.45) is 56.7 Å². The Kier molecular flexibility index (Phi) is 9.39. The molecule has 0 spiro atoms. The summed E-state index contributed by atoms with van der Waals surface area (Å²) in [6.07, 6.45) is 1.25. The predicted octanol–water partition coefficient (Wildman–Crippen LogP) is 3.84. The zero-order valence-electron chi connectivity index (χ0n) is 30.0. The van der Waals surface area contributed by atoms with E-state index < -0.39 is 59.4 Å². The average molecular weight is 703 g/mol. The van der Waals surface area contributed by atoms with E-state index in [1.165, 1.54) is 0 Å². The van der Waals surface area contributed by atoms with E-state index in [1.54, 1.807) is 0 Å². The van der Waals surface area contributed by atoms with E-state index in [0.29, 0.717) is 18.3 Å². The smallest absolute Gasteiger partial charge is 0.396 e. The number of fused-ring (bicyclic) bond motifs is 7. The van der Waals surface area contributed by atoms with Gasteiger partial charge in [-0.3, -0.25) is 4.55 Å². The van der Waals surface area contributed by atoms with E-state index in [1.807, 2.05) is 6.92 Å². The maximum Gasteiger partial charge on any atom is 0.397 e. The summed E-state index contributed by atoms with van der Waals surface area (Å²) in [6, 6.07) is 0. The predicted molar refractivity (Wildman–Crippen MR) is 177 cm³/mol. The molecule has 6 fully saturated rings. The fourth-order valence-electron chi connectivity index (χ4n) is 13.5. The van der Waals surface area contributed by atoms with Gasteiger partial charge in [0.15, 0.2) is 12.4 Å². The monoisotopic (exact) mass is 702 g/mol. The minimum atomic E-state index is -5.02. The number of rotatable bonds is 6. The zero-order valence-corrected chi connectivity index (χ0v) is 30.8. The molecule has 6 aliphatic rings. The van der Waals surface area contributed by atoms with E-state index in [9.17, 15) is 38.5 Å². The summed E-state index contributed by atoms with van der Waals surface area (Å²) in [5.41, 5.74) is -1.10. The molecule has 5 saturated carbocycles. The van der Waals surface area contributed by atoms with Gasteiger partial charge >= 0.3 is 10.4 Å². The lowest BCUT2D eigenvalue weighted by molar-refractivity contribution is -0.328. The first-order valence-electron chi connectivity index (χ1n) is 18.4. The van der Waals surface area contributed by atoms with Crippen molar-refractivity contribution in [2.45, 2.75) is 155 Å². The second-order valence-electron chi connectivity index (χ2n) is 18.5. The van der Waals surface area contributed by atoms with Crippen molar-refractivity contribution in [3.63, 3.8) is 0 Å². The molecule has 11 nitrogen and oxygen atoms in total. The molecule has 0 aromatic carbocycles. The van der Waals surface area contributed by atoms with Gasteiger partial charge in [0.2, 0.25) is 0 Å². The molecule has 5 aliphatic carbocycles. The standard InChI is InChI=1S/C36H62O11S/c1-20-26-21-8-9-24-32(4)12-11-25(46-30-29(47-48(42,43)44)28(40)27(39)22(18-37)45-30)31(2,3)23(32)10-13-34(24,6)33(21,5)14-16-36(26,19-38)17-15-35(20,7)41/h20-30,37-41H,8-19H2,1-7H3,(H,42,43,44). The molecular formula is C36H62O11S. The molecule has 1 heterocycles. The van der Waals surface area contributed by atoms with Crippen LogP contribution < -0.4 is 0 Å². The Morgan fingerprint density at radius 3 is 2.10 bits per heavy atom. The first-order valence-corrected chi connectivity index (χ1v) is 19.8. The molecule has 16 unspecified atom stereocenters. The zero-order chi connectivity index (χ0) is 35.5. The number of aliphatic hydroxyl groups is 5. The maximum absolute atomic E-state index is 11.7. The molecule has 12 heteroatoms. The summed E-state index contributed by atoms with van der Waals surface area (Å²) >= 11 is 0. The Labute approximate surface area is 287 Å². The molecule has 16 atom stereocenters. The summed E-state index contributed by atoms with van der Waals surface area (Å²) in [6.45, 7) is 15.7. The molecule has 278 valence electrons. The van der Waals surface area contributed by atoms with Crippen molar-refractivity contribution >= 4 is 10.4 Å². The second-order valence-corrected chi connectivity index (χ2v) is 19.6. The molecule has 0 amide bonds. The highest BCUT2D eigenvalue weighted by Gasteiger charge is 2.71. The van der Waals surface area contributed by atoms with Crippen molar-refractivity contribution in [1.29, 1.82) is 0 Å². The van der Waals surface area contributed by atoms with Crippen molar-refractivity contribution in [3.8, 4) is 0 Å². The van der Waals surface area contributed by atoms with Gasteiger partial charge in [0.25, 0.3) is 0 Å². The Hall–Kier alpha value is -0.410. The van der Waals surface area contributed by atoms with Crippen LogP contribution in [-0.4, -0.2) is 94.1 Å². The van der Waals surface area contributed by atoms with E-state index in [-0.39, 0.29) is 51.4 Å². The van der Waals surface area contributed by atoms with Gasteiger partial charge in [0.1, 0.15) is 18.3 Å². The highest BCUT2D eigenvalue weighted by Crippen LogP contribution is 2.77. The molecular weight excluding hydrogens is 640 g/mol. The Morgan fingerprint density at radius 1 is 0.812 bits per heavy atom. The van der Waals surface area contributed by atoms with E-state index in [0.717, 1.165) is 57.8 Å². The van der Waals surface area contributed by atoms with Crippen LogP contribution in [0, 0.1) is 56.7 Å². The minimum absolute atomic E-state index is 0.000626. The van der Waals surface area contributed by atoms with Crippen LogP contribution in [0.25, 0.3) is 0 Å². The highest BCUT2D eigenvalue weighted by molar-refractivity contribution is 7.80. The van der Waals surface area contributed by atoms with Crippen molar-refractivity contribution in [3.05, 3.63) is 0 Å². The Balaban J connectivity index is 1.27. The molecule has 0 radical (unpaired) electrons. The molecule has 1 aliphatic heterocycles. The van der Waals surface area contributed by atoms with Crippen LogP contribution in [-0.2, 0) is 24.1 Å². The third kappa shape index (κ3) is 5.40. The third-order valence-electron chi connectivity index (χ3n) is 16.5. The van der Waals surface area contributed by atoms with Crippen LogP contribution in [0.5, 0.6) is 0 Å². The van der Waals surface area contributed by atoms with Crippen molar-refractivity contribution in [1.82, 2.24) is 0 Å². The van der Waals surface area contributed by atoms with Gasteiger partial charge in [-0.15, -0.1) is 0 Å². The third-order valence-corrected chi connectivity index (χ3v) is 16.9. The highest BCUT2D eigenvalue weighted by atomic mass is 32.3. The summed E-state index contributed by atoms with van der Waals surface area (Å²) in [4.78, 5) is 0. The fourth-order valence-corrected chi connectivity index (χ4v) is 13.9. The average Bonchev–Trinajstić information content (AvgIpc) is 2.99. The number of hydrogen-bond donors (Lipinski definition) is 6. The van der Waals surface area contributed by atoms with Crippen LogP contribution in [0.2, 0.25) is 0 Å². The lowest BCUT2D eigenvalue weighted by atomic mass is 9.31. The molecule has 1 saturated heterocycles. The van der Waals surface area contributed by atoms with Gasteiger partial charge in [-0.25, -0.2) is 4.18 Å². The molecule has 0 bridgehead atoms. The molecule has 6 N–H and O–H groups in total. The Morgan fingerprint density at radius 2 is 1.48 bits per heavy atom. The van der Waals surface area contributed by atoms with Crippen molar-refractivity contribution in [2.75, 3.05) is 13.2 Å². The van der Waals surface area contributed by atoms with Crippen LogP contribution in [0.15, 0.2) is 0 Å². The topological polar surface area (TPSA) is 183 Å². The first-order chi connectivity index (χ1) is 22.1. The lowest BCUT2D eigenvalue weighted by Gasteiger charge is -2.74. The second kappa shape index (κ2) is 12.1. The molecule has 6 rings (SSSR count). The largest absolute Gasteiger partial charge is 0.397 e. The summed E-state index contributed by atoms with van der Waals surface area (Å²) in [5.74, 6) is 1.55. The van der Waals surface area contributed by atoms with Gasteiger partial charge in [0.05, 0.1) is 18.3 Å². The first kappa shape index (κ1) is 37.4. The summed E-state index contributed by atoms with van der Waals surface area (Å²) in [5, 5.41) is 53.3. The van der Waals surface area contributed by atoms with Gasteiger partial charge < -0.3 is 35.0 Å². The molecule has 0 aromatic heterocycles. The maximum atomic E-state index is 11.7. The van der Waals surface area contributed by atoms with E-state index in [4.69, 9.17) is 13.7 Å². The van der Waals surface area contributed by atoms with Gasteiger partial charge in [0, 0.05) is 6.61 Å². The molecule has 0 aromatic rings. The minimum Gasteiger partial charge on any atom is -0.396 e. The van der Waals surface area contributed by atoms with Crippen LogP contribution >= 0.6 is 0 Å². The summed E-state index contributed by atoms with van der Waals surface area (Å²) in [7, 11) is -5.02. The lowest BCUT2D eigenvalue weighted by Crippen LogP contribution is -2.69. The van der Waals surface area contributed by atoms with Crippen LogP contribution in [0.1, 0.15) is 113 Å². The van der Waals surface area contributed by atoms with Gasteiger partial charge in [-0.2, -0.15) is 8.42 Å². The quantitative estimate of drug-likeness (QED) is 0.175. The number of hydrogen-bond acceptors (Lipinski definition) is 10. The molecule has 48 heavy (non-hydrogen) atoms. The van der Waals surface area contributed by atoms with E-state index in [2.05, 4.69) is 41.5 Å². The van der Waals surface area contributed by atoms with Crippen molar-refractivity contribution < 1.29 is 52.2 Å². The van der Waals surface area contributed by atoms with E-state index >= 15 is 0 Å². The summed E-state index contributed by atoms with van der Waals surface area (Å²) < 4.78 is 49.9. The Bertz CT molecular complexity index is 1320. The number of aliphatic hydroxyl groups excluding tert-OH is 4.